The Morgan fingerprint density at radius 3 is 2.41 bits per heavy atom. The van der Waals surface area contributed by atoms with E-state index in [9.17, 15) is 14.7 Å². The van der Waals surface area contributed by atoms with Gasteiger partial charge in [0.25, 0.3) is 0 Å². The molecule has 1 aliphatic heterocycles. The molecule has 1 atom stereocenters. The van der Waals surface area contributed by atoms with Crippen LogP contribution in [0.5, 0.6) is 0 Å². The van der Waals surface area contributed by atoms with Crippen LogP contribution in [0.4, 0.5) is 0 Å². The number of carbonyl (C=O) groups is 2. The van der Waals surface area contributed by atoms with Crippen molar-refractivity contribution in [2.45, 2.75) is 32.3 Å². The quantitative estimate of drug-likeness (QED) is 0.360. The molecule has 1 unspecified atom stereocenters. The molecule has 0 spiro atoms. The molecule has 0 saturated carbocycles. The van der Waals surface area contributed by atoms with E-state index in [1.165, 1.54) is 4.90 Å². The Balaban J connectivity index is 1.91. The van der Waals surface area contributed by atoms with Gasteiger partial charge in [-0.2, -0.15) is 0 Å². The maximum absolute atomic E-state index is 11.8. The van der Waals surface area contributed by atoms with Crippen LogP contribution in [0.25, 0.3) is 0 Å². The standard InChI is InChI=1S/C18H24Cl2N4O3/c1-2-21-18(22-6-7-24-16(26)4-3-5-17(24)27)23-11-15(25)12-8-13(19)10-14(20)9-12/h8-10,15,25H,2-7,11H2,1H3,(H2,21,22,23). The molecule has 7 nitrogen and oxygen atoms in total. The van der Waals surface area contributed by atoms with Crippen LogP contribution in [0.1, 0.15) is 37.9 Å². The summed E-state index contributed by atoms with van der Waals surface area (Å²) in [5.74, 6) is 0.216. The third kappa shape index (κ3) is 6.68. The fraction of sp³-hybridized carbons (Fsp3) is 0.500. The van der Waals surface area contributed by atoms with Crippen LogP contribution >= 0.6 is 23.2 Å². The number of rotatable bonds is 7. The minimum atomic E-state index is -0.859. The van der Waals surface area contributed by atoms with Gasteiger partial charge in [0.05, 0.1) is 12.6 Å². The average molecular weight is 415 g/mol. The summed E-state index contributed by atoms with van der Waals surface area (Å²) >= 11 is 11.9. The van der Waals surface area contributed by atoms with Crippen molar-refractivity contribution in [3.63, 3.8) is 0 Å². The molecule has 1 fully saturated rings. The minimum Gasteiger partial charge on any atom is -0.386 e. The maximum atomic E-state index is 11.8. The molecule has 2 rings (SSSR count). The lowest BCUT2D eigenvalue weighted by Crippen LogP contribution is -2.46. The molecule has 0 bridgehead atoms. The molecule has 27 heavy (non-hydrogen) atoms. The normalized spacial score (nSPS) is 16.4. The molecule has 1 aromatic carbocycles. The predicted octanol–water partition coefficient (Wildman–Crippen LogP) is 2.12. The Bertz CT molecular complexity index is 676. The molecule has 1 saturated heterocycles. The molecule has 0 aliphatic carbocycles. The number of halogens is 2. The van der Waals surface area contributed by atoms with E-state index in [2.05, 4.69) is 15.6 Å². The molecule has 148 valence electrons. The number of imide groups is 1. The number of aliphatic hydroxyl groups excluding tert-OH is 1. The number of piperidine rings is 1. The van der Waals surface area contributed by atoms with Crippen LogP contribution < -0.4 is 10.6 Å². The van der Waals surface area contributed by atoms with E-state index in [0.29, 0.717) is 53.9 Å². The monoisotopic (exact) mass is 414 g/mol. The summed E-state index contributed by atoms with van der Waals surface area (Å²) < 4.78 is 0. The molecule has 1 aromatic rings. The van der Waals surface area contributed by atoms with Crippen molar-refractivity contribution < 1.29 is 14.7 Å². The molecule has 1 heterocycles. The second-order valence-electron chi connectivity index (χ2n) is 6.16. The number of nitrogens with one attached hydrogen (secondary N) is 2. The largest absolute Gasteiger partial charge is 0.386 e. The van der Waals surface area contributed by atoms with Crippen LogP contribution in [-0.2, 0) is 9.59 Å². The molecule has 0 radical (unpaired) electrons. The zero-order valence-electron chi connectivity index (χ0n) is 15.2. The number of hydrogen-bond donors (Lipinski definition) is 3. The van der Waals surface area contributed by atoms with E-state index in [0.717, 1.165) is 0 Å². The summed E-state index contributed by atoms with van der Waals surface area (Å²) in [6.45, 7) is 3.32. The highest BCUT2D eigenvalue weighted by atomic mass is 35.5. The van der Waals surface area contributed by atoms with Gasteiger partial charge in [0.1, 0.15) is 0 Å². The van der Waals surface area contributed by atoms with Crippen molar-refractivity contribution >= 4 is 41.0 Å². The predicted molar refractivity (Wildman–Crippen MR) is 106 cm³/mol. The first kappa shape index (κ1) is 21.5. The zero-order valence-corrected chi connectivity index (χ0v) is 16.7. The van der Waals surface area contributed by atoms with Gasteiger partial charge in [-0.15, -0.1) is 0 Å². The number of aliphatic imine (C=N–C) groups is 1. The van der Waals surface area contributed by atoms with Crippen LogP contribution in [0, 0.1) is 0 Å². The minimum absolute atomic E-state index is 0.105. The third-order valence-electron chi connectivity index (χ3n) is 4.05. The fourth-order valence-corrected chi connectivity index (χ4v) is 3.27. The molecule has 9 heteroatoms. The number of likely N-dealkylation sites (tertiary alicyclic amines) is 1. The Labute approximate surface area is 168 Å². The van der Waals surface area contributed by atoms with Crippen LogP contribution in [0.15, 0.2) is 23.2 Å². The summed E-state index contributed by atoms with van der Waals surface area (Å²) in [6, 6.07) is 4.88. The van der Waals surface area contributed by atoms with Gasteiger partial charge in [0.2, 0.25) is 11.8 Å². The van der Waals surface area contributed by atoms with Crippen molar-refractivity contribution in [3.8, 4) is 0 Å². The first-order valence-electron chi connectivity index (χ1n) is 8.90. The van der Waals surface area contributed by atoms with Crippen molar-refractivity contribution in [3.05, 3.63) is 33.8 Å². The number of hydrogen-bond acceptors (Lipinski definition) is 4. The number of amides is 2. The molecule has 1 aliphatic rings. The average Bonchev–Trinajstić information content (AvgIpc) is 2.61. The molecular formula is C18H24Cl2N4O3. The lowest BCUT2D eigenvalue weighted by Gasteiger charge is -2.25. The van der Waals surface area contributed by atoms with Gasteiger partial charge in [0, 0.05) is 42.5 Å². The van der Waals surface area contributed by atoms with Crippen molar-refractivity contribution in [1.82, 2.24) is 15.5 Å². The Kier molecular flexibility index (Phi) is 8.34. The first-order chi connectivity index (χ1) is 12.9. The van der Waals surface area contributed by atoms with E-state index in [4.69, 9.17) is 23.2 Å². The Morgan fingerprint density at radius 1 is 1.19 bits per heavy atom. The number of guanidine groups is 1. The van der Waals surface area contributed by atoms with Gasteiger partial charge >= 0.3 is 0 Å². The summed E-state index contributed by atoms with van der Waals surface area (Å²) in [5, 5.41) is 17.3. The second-order valence-corrected chi connectivity index (χ2v) is 7.03. The van der Waals surface area contributed by atoms with Crippen molar-refractivity contribution in [2.75, 3.05) is 26.2 Å². The highest BCUT2D eigenvalue weighted by Gasteiger charge is 2.25. The van der Waals surface area contributed by atoms with E-state index in [1.807, 2.05) is 6.92 Å². The molecular weight excluding hydrogens is 391 g/mol. The first-order valence-corrected chi connectivity index (χ1v) is 9.65. The number of carbonyl (C=O) groups excluding carboxylic acids is 2. The van der Waals surface area contributed by atoms with Gasteiger partial charge in [-0.1, -0.05) is 23.2 Å². The highest BCUT2D eigenvalue weighted by Crippen LogP contribution is 2.23. The third-order valence-corrected chi connectivity index (χ3v) is 4.48. The van der Waals surface area contributed by atoms with Crippen molar-refractivity contribution in [2.24, 2.45) is 4.99 Å². The van der Waals surface area contributed by atoms with Crippen LogP contribution in [-0.4, -0.2) is 54.0 Å². The SMILES string of the molecule is CCNC(=NCC(O)c1cc(Cl)cc(Cl)c1)NCCN1C(=O)CCCC1=O. The molecule has 3 N–H and O–H groups in total. The summed E-state index contributed by atoms with van der Waals surface area (Å²) in [6.07, 6.45) is 0.585. The number of benzene rings is 1. The number of aliphatic hydroxyl groups is 1. The topological polar surface area (TPSA) is 94.0 Å². The van der Waals surface area contributed by atoms with E-state index >= 15 is 0 Å². The van der Waals surface area contributed by atoms with Gasteiger partial charge < -0.3 is 15.7 Å². The smallest absolute Gasteiger partial charge is 0.229 e. The molecule has 2 amide bonds. The number of nitrogens with zero attached hydrogens (tertiary/aromatic N) is 2. The van der Waals surface area contributed by atoms with Crippen LogP contribution in [0.3, 0.4) is 0 Å². The summed E-state index contributed by atoms with van der Waals surface area (Å²) in [5.41, 5.74) is 0.580. The summed E-state index contributed by atoms with van der Waals surface area (Å²) in [7, 11) is 0. The lowest BCUT2D eigenvalue weighted by molar-refractivity contribution is -0.147. The second kappa shape index (κ2) is 10.5. The van der Waals surface area contributed by atoms with Crippen LogP contribution in [0.2, 0.25) is 10.0 Å². The van der Waals surface area contributed by atoms with Gasteiger partial charge in [-0.25, -0.2) is 0 Å². The maximum Gasteiger partial charge on any atom is 0.229 e. The van der Waals surface area contributed by atoms with Gasteiger partial charge in [0.15, 0.2) is 5.96 Å². The van der Waals surface area contributed by atoms with E-state index in [1.54, 1.807) is 18.2 Å². The van der Waals surface area contributed by atoms with E-state index in [-0.39, 0.29) is 24.9 Å². The summed E-state index contributed by atoms with van der Waals surface area (Å²) in [4.78, 5) is 29.2. The zero-order chi connectivity index (χ0) is 19.8. The van der Waals surface area contributed by atoms with Gasteiger partial charge in [-0.05, 0) is 37.1 Å². The van der Waals surface area contributed by atoms with Crippen molar-refractivity contribution in [1.29, 1.82) is 0 Å². The fourth-order valence-electron chi connectivity index (χ4n) is 2.73. The Morgan fingerprint density at radius 2 is 1.81 bits per heavy atom. The van der Waals surface area contributed by atoms with E-state index < -0.39 is 6.10 Å². The molecule has 0 aromatic heterocycles. The lowest BCUT2D eigenvalue weighted by atomic mass is 10.1. The Hall–Kier alpha value is -1.83. The highest BCUT2D eigenvalue weighted by molar-refractivity contribution is 6.34. The van der Waals surface area contributed by atoms with Gasteiger partial charge in [-0.3, -0.25) is 19.5 Å².